The first kappa shape index (κ1) is 20.5. The summed E-state index contributed by atoms with van der Waals surface area (Å²) in [4.78, 5) is 14.2. The molecule has 4 aromatic rings. The number of hydrogen-bond acceptors (Lipinski definition) is 2. The summed E-state index contributed by atoms with van der Waals surface area (Å²) in [6, 6.07) is 20.2. The average molecular weight is 425 g/mol. The van der Waals surface area contributed by atoms with E-state index in [0.717, 1.165) is 11.6 Å². The Balaban J connectivity index is 1.70. The number of aromatic amines is 1. The van der Waals surface area contributed by atoms with Crippen LogP contribution in [0.4, 0.5) is 13.2 Å². The van der Waals surface area contributed by atoms with Gasteiger partial charge in [0.25, 0.3) is 0 Å². The van der Waals surface area contributed by atoms with Crippen LogP contribution >= 0.6 is 0 Å². The molecule has 7 heteroatoms. The van der Waals surface area contributed by atoms with Crippen LogP contribution in [0.2, 0.25) is 0 Å². The van der Waals surface area contributed by atoms with Crippen LogP contribution in [0.15, 0.2) is 72.8 Å². The maximum absolute atomic E-state index is 13.4. The Morgan fingerprint density at radius 3 is 2.29 bits per heavy atom. The highest BCUT2D eigenvalue weighted by Gasteiger charge is 2.34. The molecule has 1 aromatic heterocycles. The van der Waals surface area contributed by atoms with E-state index in [2.05, 4.69) is 4.98 Å². The molecule has 0 spiro atoms. The van der Waals surface area contributed by atoms with Crippen LogP contribution in [-0.2, 0) is 24.0 Å². The summed E-state index contributed by atoms with van der Waals surface area (Å²) in [7, 11) is 0. The van der Waals surface area contributed by atoms with Gasteiger partial charge in [0.05, 0.1) is 23.2 Å². The molecule has 0 aliphatic heterocycles. The van der Waals surface area contributed by atoms with Gasteiger partial charge >= 0.3 is 12.1 Å². The normalized spacial score (nSPS) is 11.6. The van der Waals surface area contributed by atoms with Crippen LogP contribution in [0, 0.1) is 0 Å². The van der Waals surface area contributed by atoms with E-state index in [4.69, 9.17) is 4.74 Å². The van der Waals surface area contributed by atoms with Gasteiger partial charge in [0.1, 0.15) is 12.4 Å². The SMILES string of the molecule is O=C(O)Cc1c(-c2ccc(OCc3ccccc3)cc2)[nH]c2c(C(F)(F)F)cccc12. The molecule has 0 unspecified atom stereocenters. The van der Waals surface area contributed by atoms with Crippen molar-refractivity contribution in [1.29, 1.82) is 0 Å². The minimum atomic E-state index is -4.56. The van der Waals surface area contributed by atoms with Gasteiger partial charge < -0.3 is 14.8 Å². The molecule has 4 rings (SSSR count). The number of halogens is 3. The van der Waals surface area contributed by atoms with E-state index in [1.165, 1.54) is 12.1 Å². The van der Waals surface area contributed by atoms with Gasteiger partial charge in [-0.05, 0) is 47.0 Å². The molecule has 3 aromatic carbocycles. The van der Waals surface area contributed by atoms with Crippen molar-refractivity contribution >= 4 is 16.9 Å². The first-order chi connectivity index (χ1) is 14.8. The lowest BCUT2D eigenvalue weighted by Crippen LogP contribution is -2.05. The Labute approximate surface area is 175 Å². The lowest BCUT2D eigenvalue weighted by atomic mass is 10.0. The van der Waals surface area contributed by atoms with Gasteiger partial charge in [-0.1, -0.05) is 42.5 Å². The van der Waals surface area contributed by atoms with Crippen molar-refractivity contribution in [3.63, 3.8) is 0 Å². The quantitative estimate of drug-likeness (QED) is 0.395. The van der Waals surface area contributed by atoms with Crippen molar-refractivity contribution in [3.05, 3.63) is 89.5 Å². The second-order valence-electron chi connectivity index (χ2n) is 7.07. The number of hydrogen-bond donors (Lipinski definition) is 2. The number of H-pyrrole nitrogens is 1. The maximum Gasteiger partial charge on any atom is 0.418 e. The van der Waals surface area contributed by atoms with E-state index in [0.29, 0.717) is 29.2 Å². The largest absolute Gasteiger partial charge is 0.489 e. The molecule has 0 aliphatic rings. The highest BCUT2D eigenvalue weighted by molar-refractivity contribution is 5.95. The number of carboxylic acid groups (broad SMARTS) is 1. The molecule has 0 amide bonds. The number of aromatic nitrogens is 1. The summed E-state index contributed by atoms with van der Waals surface area (Å²) in [5, 5.41) is 9.56. The van der Waals surface area contributed by atoms with E-state index in [1.54, 1.807) is 24.3 Å². The third-order valence-electron chi connectivity index (χ3n) is 4.97. The summed E-state index contributed by atoms with van der Waals surface area (Å²) in [6.45, 7) is 0.381. The smallest absolute Gasteiger partial charge is 0.418 e. The molecular weight excluding hydrogens is 407 g/mol. The molecule has 0 fully saturated rings. The monoisotopic (exact) mass is 425 g/mol. The molecule has 31 heavy (non-hydrogen) atoms. The van der Waals surface area contributed by atoms with Crippen molar-refractivity contribution in [2.45, 2.75) is 19.2 Å². The molecule has 1 heterocycles. The van der Waals surface area contributed by atoms with Gasteiger partial charge in [-0.25, -0.2) is 0 Å². The number of benzene rings is 3. The number of carbonyl (C=O) groups is 1. The van der Waals surface area contributed by atoms with E-state index in [-0.39, 0.29) is 10.9 Å². The summed E-state index contributed by atoms with van der Waals surface area (Å²) >= 11 is 0. The third-order valence-corrected chi connectivity index (χ3v) is 4.97. The van der Waals surface area contributed by atoms with Gasteiger partial charge in [-0.15, -0.1) is 0 Å². The molecule has 0 aliphatic carbocycles. The molecule has 158 valence electrons. The van der Waals surface area contributed by atoms with Crippen molar-refractivity contribution < 1.29 is 27.8 Å². The van der Waals surface area contributed by atoms with Crippen molar-refractivity contribution in [2.24, 2.45) is 0 Å². The molecule has 4 nitrogen and oxygen atoms in total. The summed E-state index contributed by atoms with van der Waals surface area (Å²) < 4.78 is 46.1. The first-order valence-electron chi connectivity index (χ1n) is 9.52. The molecule has 2 N–H and O–H groups in total. The zero-order chi connectivity index (χ0) is 22.0. The molecule has 0 radical (unpaired) electrons. The summed E-state index contributed by atoms with van der Waals surface area (Å²) in [6.07, 6.45) is -4.96. The van der Waals surface area contributed by atoms with E-state index >= 15 is 0 Å². The Hall–Kier alpha value is -3.74. The van der Waals surface area contributed by atoms with E-state index < -0.39 is 24.1 Å². The van der Waals surface area contributed by atoms with Gasteiger partial charge in [0.2, 0.25) is 0 Å². The third kappa shape index (κ3) is 4.40. The van der Waals surface area contributed by atoms with Crippen LogP contribution in [0.5, 0.6) is 5.75 Å². The Kier molecular flexibility index (Phi) is 5.42. The Bertz CT molecular complexity index is 1210. The van der Waals surface area contributed by atoms with Crippen LogP contribution in [-0.4, -0.2) is 16.1 Å². The highest BCUT2D eigenvalue weighted by atomic mass is 19.4. The predicted octanol–water partition coefficient (Wildman–Crippen LogP) is 6.06. The van der Waals surface area contributed by atoms with Crippen molar-refractivity contribution in [1.82, 2.24) is 4.98 Å². The number of carboxylic acids is 1. The lowest BCUT2D eigenvalue weighted by Gasteiger charge is -2.08. The topological polar surface area (TPSA) is 62.3 Å². The van der Waals surface area contributed by atoms with E-state index in [9.17, 15) is 23.1 Å². The Morgan fingerprint density at radius 1 is 0.935 bits per heavy atom. The standard InChI is InChI=1S/C24H18F3NO3/c25-24(26,27)20-8-4-7-18-19(13-21(29)30)22(28-23(18)20)16-9-11-17(12-10-16)31-14-15-5-2-1-3-6-15/h1-12,28H,13-14H2,(H,29,30). The van der Waals surface area contributed by atoms with Gasteiger partial charge in [-0.2, -0.15) is 13.2 Å². The number of fused-ring (bicyclic) bond motifs is 1. The minimum Gasteiger partial charge on any atom is -0.489 e. The minimum absolute atomic E-state index is 0.120. The van der Waals surface area contributed by atoms with Crippen molar-refractivity contribution in [3.8, 4) is 17.0 Å². The number of ether oxygens (including phenoxy) is 1. The predicted molar refractivity (Wildman–Crippen MR) is 111 cm³/mol. The number of para-hydroxylation sites is 1. The molecule has 0 atom stereocenters. The molecular formula is C24H18F3NO3. The van der Waals surface area contributed by atoms with Crippen LogP contribution in [0.25, 0.3) is 22.2 Å². The lowest BCUT2D eigenvalue weighted by molar-refractivity contribution is -0.137. The Morgan fingerprint density at radius 2 is 1.65 bits per heavy atom. The number of alkyl halides is 3. The number of nitrogens with one attached hydrogen (secondary N) is 1. The fourth-order valence-corrected chi connectivity index (χ4v) is 3.55. The number of aliphatic carboxylic acids is 1. The maximum atomic E-state index is 13.4. The van der Waals surface area contributed by atoms with Gasteiger partial charge in [0.15, 0.2) is 0 Å². The molecule has 0 saturated carbocycles. The van der Waals surface area contributed by atoms with Gasteiger partial charge in [0, 0.05) is 5.39 Å². The zero-order valence-corrected chi connectivity index (χ0v) is 16.2. The van der Waals surface area contributed by atoms with Crippen LogP contribution in [0.3, 0.4) is 0 Å². The summed E-state index contributed by atoms with van der Waals surface area (Å²) in [5.74, 6) is -0.526. The van der Waals surface area contributed by atoms with E-state index in [1.807, 2.05) is 30.3 Å². The molecule has 0 bridgehead atoms. The molecule has 0 saturated heterocycles. The fourth-order valence-electron chi connectivity index (χ4n) is 3.55. The average Bonchev–Trinajstić information content (AvgIpc) is 3.10. The van der Waals surface area contributed by atoms with Gasteiger partial charge in [-0.3, -0.25) is 4.79 Å². The summed E-state index contributed by atoms with van der Waals surface area (Å²) in [5.41, 5.74) is 1.30. The zero-order valence-electron chi connectivity index (χ0n) is 16.2. The second-order valence-corrected chi connectivity index (χ2v) is 7.07. The second kappa shape index (κ2) is 8.18. The van der Waals surface area contributed by atoms with Crippen molar-refractivity contribution in [2.75, 3.05) is 0 Å². The van der Waals surface area contributed by atoms with Crippen LogP contribution < -0.4 is 4.74 Å². The first-order valence-corrected chi connectivity index (χ1v) is 9.52. The fraction of sp³-hybridized carbons (Fsp3) is 0.125. The van der Waals surface area contributed by atoms with Crippen LogP contribution in [0.1, 0.15) is 16.7 Å². The highest BCUT2D eigenvalue weighted by Crippen LogP contribution is 2.39. The number of rotatable bonds is 6.